The molecule has 1 heterocycles. The van der Waals surface area contributed by atoms with E-state index in [1.165, 1.54) is 12.3 Å². The number of carbonyl (C=O) groups is 2. The third-order valence-corrected chi connectivity index (χ3v) is 4.51. The lowest BCUT2D eigenvalue weighted by atomic mass is 10.1. The molecule has 6 heteroatoms. The van der Waals surface area contributed by atoms with Crippen molar-refractivity contribution in [2.45, 2.75) is 20.0 Å². The zero-order valence-electron chi connectivity index (χ0n) is 15.0. The van der Waals surface area contributed by atoms with Crippen molar-refractivity contribution in [2.24, 2.45) is 0 Å². The van der Waals surface area contributed by atoms with Crippen molar-refractivity contribution < 1.29 is 14.0 Å². The highest BCUT2D eigenvalue weighted by atomic mass is 35.5. The van der Waals surface area contributed by atoms with Crippen LogP contribution in [0, 0.1) is 13.8 Å². The molecular weight excluding hydrogens is 364 g/mol. The zero-order chi connectivity index (χ0) is 19.4. The van der Waals surface area contributed by atoms with Gasteiger partial charge in [0.15, 0.2) is 11.9 Å². The molecule has 0 aliphatic rings. The highest BCUT2D eigenvalue weighted by Crippen LogP contribution is 2.21. The molecule has 1 aromatic heterocycles. The van der Waals surface area contributed by atoms with E-state index in [4.69, 9.17) is 16.0 Å². The van der Waals surface area contributed by atoms with Gasteiger partial charge in [-0.05, 0) is 43.7 Å². The minimum Gasteiger partial charge on any atom is -0.459 e. The number of anilines is 1. The van der Waals surface area contributed by atoms with Gasteiger partial charge in [0.25, 0.3) is 5.91 Å². The summed E-state index contributed by atoms with van der Waals surface area (Å²) in [6.45, 7) is 3.83. The molecule has 2 aromatic carbocycles. The van der Waals surface area contributed by atoms with Crippen molar-refractivity contribution in [3.8, 4) is 0 Å². The molecule has 1 atom stereocenters. The van der Waals surface area contributed by atoms with E-state index >= 15 is 0 Å². The van der Waals surface area contributed by atoms with Crippen LogP contribution in [0.1, 0.15) is 32.0 Å². The van der Waals surface area contributed by atoms with Crippen LogP contribution in [0.15, 0.2) is 65.3 Å². The van der Waals surface area contributed by atoms with E-state index < -0.39 is 12.1 Å². The number of carbonyl (C=O) groups excluding carboxylic acids is 2. The molecule has 0 saturated carbocycles. The molecule has 27 heavy (non-hydrogen) atoms. The Balaban J connectivity index is 1.87. The fourth-order valence-electron chi connectivity index (χ4n) is 2.51. The summed E-state index contributed by atoms with van der Waals surface area (Å²) in [4.78, 5) is 25.4. The lowest BCUT2D eigenvalue weighted by molar-refractivity contribution is 0.0853. The van der Waals surface area contributed by atoms with Gasteiger partial charge in [0, 0.05) is 16.3 Å². The Hall–Kier alpha value is -3.05. The van der Waals surface area contributed by atoms with Crippen LogP contribution in [0.2, 0.25) is 5.02 Å². The van der Waals surface area contributed by atoms with Crippen molar-refractivity contribution in [3.05, 3.63) is 88.3 Å². The molecule has 0 spiro atoms. The minimum absolute atomic E-state index is 0.125. The van der Waals surface area contributed by atoms with Gasteiger partial charge in [-0.1, -0.05) is 47.5 Å². The number of amides is 1. The predicted molar refractivity (Wildman–Crippen MR) is 105 cm³/mol. The van der Waals surface area contributed by atoms with E-state index in [9.17, 15) is 9.59 Å². The van der Waals surface area contributed by atoms with Gasteiger partial charge in [-0.25, -0.2) is 0 Å². The molecule has 138 valence electrons. The highest BCUT2D eigenvalue weighted by Gasteiger charge is 2.24. The van der Waals surface area contributed by atoms with Crippen molar-refractivity contribution in [1.82, 2.24) is 5.32 Å². The Bertz CT molecular complexity index is 950. The SMILES string of the molecule is Cc1ccc(C(=O)C(NC(=O)c2ccco2)Nc2ccc(C)c(Cl)c2)cc1. The van der Waals surface area contributed by atoms with Gasteiger partial charge >= 0.3 is 0 Å². The summed E-state index contributed by atoms with van der Waals surface area (Å²) in [5.41, 5.74) is 3.07. The van der Waals surface area contributed by atoms with Crippen LogP contribution in [0.25, 0.3) is 0 Å². The summed E-state index contributed by atoms with van der Waals surface area (Å²) in [6.07, 6.45) is 0.419. The lowest BCUT2D eigenvalue weighted by Crippen LogP contribution is -2.46. The molecule has 0 fully saturated rings. The average Bonchev–Trinajstić information content (AvgIpc) is 3.19. The molecule has 0 saturated heterocycles. The van der Waals surface area contributed by atoms with Gasteiger partial charge in [-0.15, -0.1) is 0 Å². The normalized spacial score (nSPS) is 11.7. The maximum atomic E-state index is 13.0. The molecule has 5 nitrogen and oxygen atoms in total. The number of nitrogens with one attached hydrogen (secondary N) is 2. The summed E-state index contributed by atoms with van der Waals surface area (Å²) in [5.74, 6) is -0.636. The number of rotatable bonds is 6. The molecular formula is C21H19ClN2O3. The van der Waals surface area contributed by atoms with Crippen LogP contribution >= 0.6 is 11.6 Å². The van der Waals surface area contributed by atoms with Crippen LogP contribution in [0.3, 0.4) is 0 Å². The van der Waals surface area contributed by atoms with Crippen LogP contribution in [0.5, 0.6) is 0 Å². The molecule has 0 aliphatic heterocycles. The van der Waals surface area contributed by atoms with Gasteiger partial charge in [0.2, 0.25) is 5.78 Å². The summed E-state index contributed by atoms with van der Waals surface area (Å²) in [6, 6.07) is 15.7. The minimum atomic E-state index is -0.982. The Morgan fingerprint density at radius 1 is 1.04 bits per heavy atom. The van der Waals surface area contributed by atoms with Crippen LogP contribution < -0.4 is 10.6 Å². The molecule has 3 rings (SSSR count). The van der Waals surface area contributed by atoms with Gasteiger partial charge in [-0.3, -0.25) is 9.59 Å². The average molecular weight is 383 g/mol. The molecule has 2 N–H and O–H groups in total. The number of benzene rings is 2. The van der Waals surface area contributed by atoms with Crippen LogP contribution in [-0.4, -0.2) is 17.9 Å². The van der Waals surface area contributed by atoms with Crippen LogP contribution in [0.4, 0.5) is 5.69 Å². The number of ketones is 1. The number of furan rings is 1. The van der Waals surface area contributed by atoms with Gasteiger partial charge < -0.3 is 15.1 Å². The second-order valence-corrected chi connectivity index (χ2v) is 6.63. The number of hydrogen-bond donors (Lipinski definition) is 2. The van der Waals surface area contributed by atoms with E-state index in [0.29, 0.717) is 16.3 Å². The number of hydrogen-bond acceptors (Lipinski definition) is 4. The topological polar surface area (TPSA) is 71.3 Å². The molecule has 1 amide bonds. The quantitative estimate of drug-likeness (QED) is 0.482. The van der Waals surface area contributed by atoms with E-state index in [0.717, 1.165) is 11.1 Å². The fourth-order valence-corrected chi connectivity index (χ4v) is 2.69. The zero-order valence-corrected chi connectivity index (χ0v) is 15.7. The Morgan fingerprint density at radius 2 is 1.78 bits per heavy atom. The molecule has 0 aliphatic carbocycles. The molecule has 3 aromatic rings. The summed E-state index contributed by atoms with van der Waals surface area (Å²) >= 11 is 6.17. The third kappa shape index (κ3) is 4.57. The van der Waals surface area contributed by atoms with Gasteiger partial charge in [0.05, 0.1) is 6.26 Å². The second kappa shape index (κ2) is 8.10. The van der Waals surface area contributed by atoms with Crippen molar-refractivity contribution in [1.29, 1.82) is 0 Å². The van der Waals surface area contributed by atoms with Crippen molar-refractivity contribution in [3.63, 3.8) is 0 Å². The third-order valence-electron chi connectivity index (χ3n) is 4.10. The second-order valence-electron chi connectivity index (χ2n) is 6.22. The summed E-state index contributed by atoms with van der Waals surface area (Å²) in [5, 5.41) is 6.29. The van der Waals surface area contributed by atoms with Gasteiger partial charge in [0.1, 0.15) is 0 Å². The largest absolute Gasteiger partial charge is 0.459 e. The molecule has 0 bridgehead atoms. The first kappa shape index (κ1) is 18.7. The Kier molecular flexibility index (Phi) is 5.62. The highest BCUT2D eigenvalue weighted by molar-refractivity contribution is 6.31. The Morgan fingerprint density at radius 3 is 2.41 bits per heavy atom. The summed E-state index contributed by atoms with van der Waals surface area (Å²) in [7, 11) is 0. The Labute approximate surface area is 162 Å². The first-order chi connectivity index (χ1) is 12.9. The molecule has 1 unspecified atom stereocenters. The lowest BCUT2D eigenvalue weighted by Gasteiger charge is -2.20. The number of aryl methyl sites for hydroxylation is 2. The van der Waals surface area contributed by atoms with E-state index in [2.05, 4.69) is 10.6 Å². The predicted octanol–water partition coefficient (Wildman–Crippen LogP) is 4.60. The van der Waals surface area contributed by atoms with Crippen molar-refractivity contribution in [2.75, 3.05) is 5.32 Å². The first-order valence-electron chi connectivity index (χ1n) is 8.42. The number of Topliss-reactive ketones (excluding diaryl/α,β-unsaturated/α-hetero) is 1. The van der Waals surface area contributed by atoms with Gasteiger partial charge in [-0.2, -0.15) is 0 Å². The first-order valence-corrected chi connectivity index (χ1v) is 8.80. The standard InChI is InChI=1S/C21H19ClN2O3/c1-13-5-8-15(9-6-13)19(25)20(24-21(26)18-4-3-11-27-18)23-16-10-7-14(2)17(22)12-16/h3-12,20,23H,1-2H3,(H,24,26). The number of halogens is 1. The van der Waals surface area contributed by atoms with Crippen LogP contribution in [-0.2, 0) is 0 Å². The summed E-state index contributed by atoms with van der Waals surface area (Å²) < 4.78 is 5.11. The molecule has 0 radical (unpaired) electrons. The monoisotopic (exact) mass is 382 g/mol. The van der Waals surface area contributed by atoms with E-state index in [1.54, 1.807) is 30.3 Å². The fraction of sp³-hybridized carbons (Fsp3) is 0.143. The van der Waals surface area contributed by atoms with E-state index in [1.807, 2.05) is 32.0 Å². The maximum Gasteiger partial charge on any atom is 0.288 e. The van der Waals surface area contributed by atoms with Crippen molar-refractivity contribution >= 4 is 29.0 Å². The van der Waals surface area contributed by atoms with E-state index in [-0.39, 0.29) is 11.5 Å². The maximum absolute atomic E-state index is 13.0. The smallest absolute Gasteiger partial charge is 0.288 e.